The lowest BCUT2D eigenvalue weighted by atomic mass is 10.3. The minimum Gasteiger partial charge on any atom is -0.319 e. The van der Waals surface area contributed by atoms with Crippen LogP contribution in [0.3, 0.4) is 0 Å². The van der Waals surface area contributed by atoms with Gasteiger partial charge in [0.1, 0.15) is 0 Å². The third-order valence-electron chi connectivity index (χ3n) is 3.47. The van der Waals surface area contributed by atoms with Crippen molar-refractivity contribution in [3.63, 3.8) is 0 Å². The van der Waals surface area contributed by atoms with Crippen molar-refractivity contribution in [2.24, 2.45) is 0 Å². The van der Waals surface area contributed by atoms with Gasteiger partial charge in [-0.2, -0.15) is 0 Å². The maximum Gasteiger partial charge on any atom is 0.242 e. The molecule has 2 aromatic rings. The first-order chi connectivity index (χ1) is 10.4. The summed E-state index contributed by atoms with van der Waals surface area (Å²) in [7, 11) is -0.345. The Bertz CT molecular complexity index is 751. The molecule has 0 saturated heterocycles. The fourth-order valence-corrected chi connectivity index (χ4v) is 3.92. The average molecular weight is 342 g/mol. The molecule has 0 N–H and O–H groups in total. The van der Waals surface area contributed by atoms with Crippen LogP contribution >= 0.6 is 11.8 Å². The standard InChI is InChI=1S/C15H23N3O2S2/c1-5-7-10-18-14-9-8-12(22(19,20)17(3)4)11-13(14)16-15(18)21-6-2/h8-9,11H,5-7,10H2,1-4H3. The van der Waals surface area contributed by atoms with E-state index in [1.165, 1.54) is 18.4 Å². The molecule has 0 atom stereocenters. The number of hydrogen-bond acceptors (Lipinski definition) is 4. The Morgan fingerprint density at radius 1 is 1.27 bits per heavy atom. The predicted octanol–water partition coefficient (Wildman–Crippen LogP) is 3.20. The SMILES string of the molecule is CCCCn1c(SCC)nc2cc(S(=O)(=O)N(C)C)ccc21. The molecule has 5 nitrogen and oxygen atoms in total. The predicted molar refractivity (Wildman–Crippen MR) is 91.9 cm³/mol. The lowest BCUT2D eigenvalue weighted by Gasteiger charge is -2.11. The number of nitrogens with zero attached hydrogens (tertiary/aromatic N) is 3. The van der Waals surface area contributed by atoms with Gasteiger partial charge in [0, 0.05) is 20.6 Å². The highest BCUT2D eigenvalue weighted by Gasteiger charge is 2.19. The number of sulfonamides is 1. The Morgan fingerprint density at radius 3 is 2.59 bits per heavy atom. The smallest absolute Gasteiger partial charge is 0.242 e. The second-order valence-electron chi connectivity index (χ2n) is 5.27. The largest absolute Gasteiger partial charge is 0.319 e. The van der Waals surface area contributed by atoms with Crippen molar-refractivity contribution in [1.29, 1.82) is 0 Å². The maximum absolute atomic E-state index is 12.3. The molecule has 1 aromatic heterocycles. The van der Waals surface area contributed by atoms with Gasteiger partial charge in [-0.25, -0.2) is 17.7 Å². The summed E-state index contributed by atoms with van der Waals surface area (Å²) in [5, 5.41) is 0.963. The van der Waals surface area contributed by atoms with Gasteiger partial charge in [0.2, 0.25) is 10.0 Å². The molecule has 0 spiro atoms. The first-order valence-corrected chi connectivity index (χ1v) is 9.90. The molecule has 0 unspecified atom stereocenters. The molecule has 0 aliphatic carbocycles. The van der Waals surface area contributed by atoms with Gasteiger partial charge in [0.25, 0.3) is 0 Å². The van der Waals surface area contributed by atoms with Crippen LogP contribution in [0.5, 0.6) is 0 Å². The highest BCUT2D eigenvalue weighted by molar-refractivity contribution is 7.99. The van der Waals surface area contributed by atoms with Crippen molar-refractivity contribution in [2.75, 3.05) is 19.8 Å². The molecule has 7 heteroatoms. The summed E-state index contributed by atoms with van der Waals surface area (Å²) in [6, 6.07) is 5.21. The molecule has 0 aliphatic rings. The number of rotatable bonds is 7. The Hall–Kier alpha value is -1.05. The summed E-state index contributed by atoms with van der Waals surface area (Å²) in [5.41, 5.74) is 1.75. The van der Waals surface area contributed by atoms with Crippen molar-refractivity contribution in [3.8, 4) is 0 Å². The minimum atomic E-state index is -3.42. The molecule has 0 aliphatic heterocycles. The summed E-state index contributed by atoms with van der Waals surface area (Å²) in [4.78, 5) is 4.92. The molecule has 1 heterocycles. The summed E-state index contributed by atoms with van der Waals surface area (Å²) < 4.78 is 27.9. The second kappa shape index (κ2) is 7.02. The van der Waals surface area contributed by atoms with E-state index in [9.17, 15) is 8.42 Å². The van der Waals surface area contributed by atoms with E-state index in [1.54, 1.807) is 23.9 Å². The van der Waals surface area contributed by atoms with E-state index >= 15 is 0 Å². The van der Waals surface area contributed by atoms with Crippen LogP contribution in [-0.4, -0.2) is 42.1 Å². The summed E-state index contributed by atoms with van der Waals surface area (Å²) in [6.45, 7) is 5.17. The zero-order valence-corrected chi connectivity index (χ0v) is 15.2. The zero-order valence-electron chi connectivity index (χ0n) is 13.5. The summed E-state index contributed by atoms with van der Waals surface area (Å²) in [6.07, 6.45) is 2.20. The van der Waals surface area contributed by atoms with E-state index in [0.29, 0.717) is 0 Å². The van der Waals surface area contributed by atoms with Gasteiger partial charge in [-0.15, -0.1) is 0 Å². The van der Waals surface area contributed by atoms with Gasteiger partial charge in [-0.05, 0) is 30.4 Å². The van der Waals surface area contributed by atoms with Gasteiger partial charge in [0.05, 0.1) is 15.9 Å². The molecule has 2 rings (SSSR count). The summed E-state index contributed by atoms with van der Waals surface area (Å²) in [5.74, 6) is 0.943. The summed E-state index contributed by atoms with van der Waals surface area (Å²) >= 11 is 1.69. The average Bonchev–Trinajstić information content (AvgIpc) is 2.81. The van der Waals surface area contributed by atoms with E-state index < -0.39 is 10.0 Å². The Kier molecular flexibility index (Phi) is 5.52. The molecule has 1 aromatic carbocycles. The van der Waals surface area contributed by atoms with E-state index in [0.717, 1.165) is 41.3 Å². The van der Waals surface area contributed by atoms with Gasteiger partial charge in [0.15, 0.2) is 5.16 Å². The molecule has 0 amide bonds. The fourth-order valence-electron chi connectivity index (χ4n) is 2.23. The third-order valence-corrected chi connectivity index (χ3v) is 6.14. The normalized spacial score (nSPS) is 12.4. The molecule has 0 fully saturated rings. The minimum absolute atomic E-state index is 0.290. The van der Waals surface area contributed by atoms with Crippen LogP contribution in [0, 0.1) is 0 Å². The van der Waals surface area contributed by atoms with Crippen molar-refractivity contribution in [3.05, 3.63) is 18.2 Å². The lowest BCUT2D eigenvalue weighted by molar-refractivity contribution is 0.521. The number of aryl methyl sites for hydroxylation is 1. The highest BCUT2D eigenvalue weighted by Crippen LogP contribution is 2.27. The van der Waals surface area contributed by atoms with Gasteiger partial charge in [-0.3, -0.25) is 0 Å². The molecule has 0 radical (unpaired) electrons. The lowest BCUT2D eigenvalue weighted by Crippen LogP contribution is -2.22. The van der Waals surface area contributed by atoms with E-state index in [-0.39, 0.29) is 4.90 Å². The number of hydrogen-bond donors (Lipinski definition) is 0. The van der Waals surface area contributed by atoms with Crippen molar-refractivity contribution in [2.45, 2.75) is 43.3 Å². The monoisotopic (exact) mass is 341 g/mol. The van der Waals surface area contributed by atoms with Gasteiger partial charge >= 0.3 is 0 Å². The van der Waals surface area contributed by atoms with Crippen LogP contribution in [0.2, 0.25) is 0 Å². The maximum atomic E-state index is 12.3. The number of aromatic nitrogens is 2. The quantitative estimate of drug-likeness (QED) is 0.726. The topological polar surface area (TPSA) is 55.2 Å². The molecular formula is C15H23N3O2S2. The van der Waals surface area contributed by atoms with Crippen molar-refractivity contribution in [1.82, 2.24) is 13.9 Å². The fraction of sp³-hybridized carbons (Fsp3) is 0.533. The van der Waals surface area contributed by atoms with E-state index in [1.807, 2.05) is 6.07 Å². The first-order valence-electron chi connectivity index (χ1n) is 7.47. The first kappa shape index (κ1) is 17.3. The zero-order chi connectivity index (χ0) is 16.3. The van der Waals surface area contributed by atoms with Crippen LogP contribution < -0.4 is 0 Å². The van der Waals surface area contributed by atoms with Gasteiger partial charge in [-0.1, -0.05) is 32.0 Å². The van der Waals surface area contributed by atoms with Crippen LogP contribution in [0.25, 0.3) is 11.0 Å². The number of benzene rings is 1. The number of thioether (sulfide) groups is 1. The molecular weight excluding hydrogens is 318 g/mol. The van der Waals surface area contributed by atoms with Crippen LogP contribution in [0.15, 0.2) is 28.3 Å². The molecule has 122 valence electrons. The highest BCUT2D eigenvalue weighted by atomic mass is 32.2. The Morgan fingerprint density at radius 2 is 2.00 bits per heavy atom. The van der Waals surface area contributed by atoms with Crippen molar-refractivity contribution < 1.29 is 8.42 Å². The van der Waals surface area contributed by atoms with Crippen molar-refractivity contribution >= 4 is 32.8 Å². The Balaban J connectivity index is 2.54. The van der Waals surface area contributed by atoms with Crippen LogP contribution in [0.4, 0.5) is 0 Å². The number of fused-ring (bicyclic) bond motifs is 1. The number of imidazole rings is 1. The molecule has 22 heavy (non-hydrogen) atoms. The Labute approximate surface area is 136 Å². The molecule has 0 saturated carbocycles. The molecule has 0 bridgehead atoms. The van der Waals surface area contributed by atoms with Gasteiger partial charge < -0.3 is 4.57 Å². The third kappa shape index (κ3) is 3.31. The number of unbranched alkanes of at least 4 members (excludes halogenated alkanes) is 1. The van der Waals surface area contributed by atoms with E-state index in [2.05, 4.69) is 23.4 Å². The van der Waals surface area contributed by atoms with Crippen LogP contribution in [-0.2, 0) is 16.6 Å². The van der Waals surface area contributed by atoms with Crippen LogP contribution in [0.1, 0.15) is 26.7 Å². The second-order valence-corrected chi connectivity index (χ2v) is 8.65. The van der Waals surface area contributed by atoms with E-state index in [4.69, 9.17) is 0 Å².